The van der Waals surface area contributed by atoms with Gasteiger partial charge < -0.3 is 5.32 Å². The minimum atomic E-state index is 0.724. The molecule has 4 heteroatoms. The van der Waals surface area contributed by atoms with Crippen molar-refractivity contribution in [2.24, 2.45) is 0 Å². The van der Waals surface area contributed by atoms with Crippen LogP contribution in [0.15, 0.2) is 66.7 Å². The maximum absolute atomic E-state index is 4.85. The minimum Gasteiger partial charge on any atom is -0.324 e. The first-order chi connectivity index (χ1) is 11.7. The van der Waals surface area contributed by atoms with Gasteiger partial charge in [0.15, 0.2) is 0 Å². The summed E-state index contributed by atoms with van der Waals surface area (Å²) < 4.78 is 1.90. The fraction of sp³-hybridized carbons (Fsp3) is 0.100. The molecular formula is C20H18N4. The Kier molecular flexibility index (Phi) is 3.50. The van der Waals surface area contributed by atoms with E-state index in [4.69, 9.17) is 4.98 Å². The average Bonchev–Trinajstić information content (AvgIpc) is 2.95. The van der Waals surface area contributed by atoms with Crippen LogP contribution in [0.5, 0.6) is 0 Å². The Labute approximate surface area is 140 Å². The second-order valence-corrected chi connectivity index (χ2v) is 5.87. The second kappa shape index (κ2) is 5.81. The van der Waals surface area contributed by atoms with Gasteiger partial charge >= 0.3 is 0 Å². The standard InChI is InChI=1S/C20H18N4/c1-14-13-15(2)23-24-19(14)18(16-9-5-3-6-10-16)22-20(24)21-17-11-7-4-8-12-17/h3-13H,1-2H3,(H,21,22). The van der Waals surface area contributed by atoms with Crippen LogP contribution in [-0.4, -0.2) is 14.6 Å². The molecule has 0 saturated carbocycles. The van der Waals surface area contributed by atoms with E-state index >= 15 is 0 Å². The van der Waals surface area contributed by atoms with Crippen LogP contribution < -0.4 is 5.32 Å². The van der Waals surface area contributed by atoms with Gasteiger partial charge in [-0.3, -0.25) is 0 Å². The number of benzene rings is 2. The van der Waals surface area contributed by atoms with Gasteiger partial charge in [-0.25, -0.2) is 4.98 Å². The number of nitrogens with one attached hydrogen (secondary N) is 1. The molecule has 118 valence electrons. The maximum atomic E-state index is 4.85. The molecule has 0 aliphatic rings. The van der Waals surface area contributed by atoms with Crippen LogP contribution in [0, 0.1) is 13.8 Å². The predicted molar refractivity (Wildman–Crippen MR) is 97.6 cm³/mol. The summed E-state index contributed by atoms with van der Waals surface area (Å²) in [5.41, 5.74) is 6.18. The van der Waals surface area contributed by atoms with E-state index in [1.165, 1.54) is 0 Å². The number of fused-ring (bicyclic) bond motifs is 1. The number of imidazole rings is 1. The van der Waals surface area contributed by atoms with Crippen LogP contribution in [0.25, 0.3) is 16.8 Å². The van der Waals surface area contributed by atoms with E-state index in [0.717, 1.165) is 39.7 Å². The highest BCUT2D eigenvalue weighted by Gasteiger charge is 2.16. The van der Waals surface area contributed by atoms with Crippen molar-refractivity contribution in [3.63, 3.8) is 0 Å². The number of rotatable bonds is 3. The first-order valence-corrected chi connectivity index (χ1v) is 7.97. The number of hydrogen-bond acceptors (Lipinski definition) is 3. The lowest BCUT2D eigenvalue weighted by atomic mass is 10.1. The summed E-state index contributed by atoms with van der Waals surface area (Å²) in [5, 5.41) is 8.05. The lowest BCUT2D eigenvalue weighted by Gasteiger charge is -2.06. The Morgan fingerprint density at radius 3 is 2.25 bits per heavy atom. The van der Waals surface area contributed by atoms with E-state index in [0.29, 0.717) is 0 Å². The summed E-state index contributed by atoms with van der Waals surface area (Å²) in [6.07, 6.45) is 0. The van der Waals surface area contributed by atoms with Gasteiger partial charge in [0.2, 0.25) is 5.95 Å². The normalized spacial score (nSPS) is 10.9. The fourth-order valence-corrected chi connectivity index (χ4v) is 2.96. The number of anilines is 2. The maximum Gasteiger partial charge on any atom is 0.229 e. The van der Waals surface area contributed by atoms with E-state index in [2.05, 4.69) is 35.5 Å². The number of nitrogens with zero attached hydrogens (tertiary/aromatic N) is 3. The molecule has 1 N–H and O–H groups in total. The molecule has 0 bridgehead atoms. The van der Waals surface area contributed by atoms with Gasteiger partial charge in [0, 0.05) is 11.3 Å². The molecule has 24 heavy (non-hydrogen) atoms. The summed E-state index contributed by atoms with van der Waals surface area (Å²) in [6, 6.07) is 22.4. The molecule has 4 aromatic rings. The number of aromatic nitrogens is 3. The molecule has 0 aliphatic heterocycles. The Bertz CT molecular complexity index is 989. The summed E-state index contributed by atoms with van der Waals surface area (Å²) >= 11 is 0. The van der Waals surface area contributed by atoms with Crippen LogP contribution in [0.3, 0.4) is 0 Å². The highest BCUT2D eigenvalue weighted by Crippen LogP contribution is 2.30. The predicted octanol–water partition coefficient (Wildman–Crippen LogP) is 4.76. The third-order valence-electron chi connectivity index (χ3n) is 3.99. The zero-order valence-corrected chi connectivity index (χ0v) is 13.7. The van der Waals surface area contributed by atoms with Gasteiger partial charge in [-0.1, -0.05) is 48.5 Å². The monoisotopic (exact) mass is 314 g/mol. The van der Waals surface area contributed by atoms with Crippen molar-refractivity contribution in [3.8, 4) is 11.3 Å². The molecule has 0 spiro atoms. The lowest BCUT2D eigenvalue weighted by Crippen LogP contribution is -2.02. The van der Waals surface area contributed by atoms with Gasteiger partial charge in [0.1, 0.15) is 5.69 Å². The molecule has 2 aromatic carbocycles. The first kappa shape index (κ1) is 14.5. The summed E-state index contributed by atoms with van der Waals surface area (Å²) in [7, 11) is 0. The topological polar surface area (TPSA) is 42.2 Å². The van der Waals surface area contributed by atoms with E-state index in [1.54, 1.807) is 0 Å². The molecule has 0 radical (unpaired) electrons. The number of hydrogen-bond donors (Lipinski definition) is 1. The van der Waals surface area contributed by atoms with Gasteiger partial charge in [-0.2, -0.15) is 9.61 Å². The molecule has 0 aliphatic carbocycles. The summed E-state index contributed by atoms with van der Waals surface area (Å²) in [6.45, 7) is 4.10. The third-order valence-corrected chi connectivity index (χ3v) is 3.99. The minimum absolute atomic E-state index is 0.724. The highest BCUT2D eigenvalue weighted by atomic mass is 15.3. The van der Waals surface area contributed by atoms with Gasteiger partial charge in [0.05, 0.1) is 11.2 Å². The van der Waals surface area contributed by atoms with Crippen molar-refractivity contribution < 1.29 is 0 Å². The second-order valence-electron chi connectivity index (χ2n) is 5.87. The Hall–Kier alpha value is -3.14. The molecule has 0 amide bonds. The van der Waals surface area contributed by atoms with E-state index < -0.39 is 0 Å². The highest BCUT2D eigenvalue weighted by molar-refractivity contribution is 5.82. The molecule has 4 rings (SSSR count). The summed E-state index contributed by atoms with van der Waals surface area (Å²) in [4.78, 5) is 4.85. The first-order valence-electron chi connectivity index (χ1n) is 7.97. The van der Waals surface area contributed by atoms with Gasteiger partial charge in [0.25, 0.3) is 0 Å². The van der Waals surface area contributed by atoms with E-state index in [-0.39, 0.29) is 0 Å². The largest absolute Gasteiger partial charge is 0.324 e. The third kappa shape index (κ3) is 2.52. The molecular weight excluding hydrogens is 296 g/mol. The molecule has 2 aromatic heterocycles. The SMILES string of the molecule is Cc1cc(C)c2c(-c3ccccc3)nc(Nc3ccccc3)n2n1. The molecule has 4 nitrogen and oxygen atoms in total. The molecule has 0 atom stereocenters. The van der Waals surface area contributed by atoms with E-state index in [1.807, 2.05) is 60.0 Å². The molecule has 0 saturated heterocycles. The summed E-state index contributed by atoms with van der Waals surface area (Å²) in [5.74, 6) is 0.724. The Morgan fingerprint density at radius 2 is 1.54 bits per heavy atom. The van der Waals surface area contributed by atoms with Crippen LogP contribution in [-0.2, 0) is 0 Å². The van der Waals surface area contributed by atoms with E-state index in [9.17, 15) is 0 Å². The number of para-hydroxylation sites is 1. The van der Waals surface area contributed by atoms with Crippen LogP contribution >= 0.6 is 0 Å². The molecule has 2 heterocycles. The van der Waals surface area contributed by atoms with Crippen molar-refractivity contribution in [2.75, 3.05) is 5.32 Å². The van der Waals surface area contributed by atoms with Crippen molar-refractivity contribution in [1.82, 2.24) is 14.6 Å². The zero-order chi connectivity index (χ0) is 16.5. The Morgan fingerprint density at radius 1 is 0.875 bits per heavy atom. The lowest BCUT2D eigenvalue weighted by molar-refractivity contribution is 0.895. The van der Waals surface area contributed by atoms with Crippen molar-refractivity contribution in [1.29, 1.82) is 0 Å². The fourth-order valence-electron chi connectivity index (χ4n) is 2.96. The Balaban J connectivity index is 1.94. The van der Waals surface area contributed by atoms with Crippen LogP contribution in [0.1, 0.15) is 11.3 Å². The van der Waals surface area contributed by atoms with Crippen molar-refractivity contribution >= 4 is 17.2 Å². The zero-order valence-electron chi connectivity index (χ0n) is 13.7. The molecule has 0 unspecified atom stereocenters. The number of aryl methyl sites for hydroxylation is 2. The van der Waals surface area contributed by atoms with Gasteiger partial charge in [-0.05, 0) is 37.6 Å². The van der Waals surface area contributed by atoms with Crippen LogP contribution in [0.4, 0.5) is 11.6 Å². The van der Waals surface area contributed by atoms with Crippen molar-refractivity contribution in [2.45, 2.75) is 13.8 Å². The van der Waals surface area contributed by atoms with Crippen LogP contribution in [0.2, 0.25) is 0 Å². The smallest absolute Gasteiger partial charge is 0.229 e. The quantitative estimate of drug-likeness (QED) is 0.593. The van der Waals surface area contributed by atoms with Crippen molar-refractivity contribution in [3.05, 3.63) is 78.0 Å². The average molecular weight is 314 g/mol. The molecule has 0 fully saturated rings. The van der Waals surface area contributed by atoms with Gasteiger partial charge in [-0.15, -0.1) is 0 Å².